The smallest absolute Gasteiger partial charge is 0.222 e. The third-order valence-electron chi connectivity index (χ3n) is 5.68. The monoisotopic (exact) mass is 358 g/mol. The zero-order chi connectivity index (χ0) is 18.7. The molecule has 3 rings (SSSR count). The lowest BCUT2D eigenvalue weighted by Crippen LogP contribution is -2.46. The van der Waals surface area contributed by atoms with E-state index >= 15 is 0 Å². The van der Waals surface area contributed by atoms with Crippen molar-refractivity contribution in [2.75, 3.05) is 27.2 Å². The van der Waals surface area contributed by atoms with Gasteiger partial charge in [-0.1, -0.05) is 32.0 Å². The summed E-state index contributed by atoms with van der Waals surface area (Å²) in [5.74, 6) is 1.97. The minimum atomic E-state index is 0.0457. The molecule has 2 fully saturated rings. The molecule has 3 atom stereocenters. The Morgan fingerprint density at radius 2 is 2.15 bits per heavy atom. The molecule has 0 bridgehead atoms. The van der Waals surface area contributed by atoms with Gasteiger partial charge in [-0.05, 0) is 18.9 Å². The Bertz CT molecular complexity index is 690. The van der Waals surface area contributed by atoms with Gasteiger partial charge in [-0.15, -0.1) is 0 Å². The first-order valence-corrected chi connectivity index (χ1v) is 9.43. The van der Waals surface area contributed by atoms with Gasteiger partial charge in [0.1, 0.15) is 5.75 Å². The first-order chi connectivity index (χ1) is 12.5. The topological polar surface area (TPSA) is 66.0 Å². The molecule has 1 aromatic rings. The number of nitrogens with one attached hydrogen (secondary N) is 2. The van der Waals surface area contributed by atoms with Gasteiger partial charge in [-0.2, -0.15) is 0 Å². The minimum absolute atomic E-state index is 0.0457. The second-order valence-electron chi connectivity index (χ2n) is 7.41. The van der Waals surface area contributed by atoms with Crippen LogP contribution in [0, 0.1) is 0 Å². The number of methoxy groups -OCH3 is 1. The summed E-state index contributed by atoms with van der Waals surface area (Å²) in [7, 11) is 3.51. The maximum absolute atomic E-state index is 11.8. The highest BCUT2D eigenvalue weighted by Gasteiger charge is 2.53. The highest BCUT2D eigenvalue weighted by molar-refractivity contribution is 5.81. The van der Waals surface area contributed by atoms with E-state index in [9.17, 15) is 4.79 Å². The zero-order valence-corrected chi connectivity index (χ0v) is 16.2. The van der Waals surface area contributed by atoms with Gasteiger partial charge in [0.15, 0.2) is 5.96 Å². The molecule has 1 saturated heterocycles. The fraction of sp³-hybridized carbons (Fsp3) is 0.600. The van der Waals surface area contributed by atoms with Crippen LogP contribution in [-0.2, 0) is 10.2 Å². The Labute approximate surface area is 156 Å². The van der Waals surface area contributed by atoms with Crippen LogP contribution in [0.5, 0.6) is 5.75 Å². The van der Waals surface area contributed by atoms with Crippen LogP contribution in [0.1, 0.15) is 38.7 Å². The lowest BCUT2D eigenvalue weighted by molar-refractivity contribution is -0.129. The third-order valence-corrected chi connectivity index (χ3v) is 5.68. The summed E-state index contributed by atoms with van der Waals surface area (Å²) in [6, 6.07) is 8.79. The van der Waals surface area contributed by atoms with Crippen molar-refractivity contribution in [3.05, 3.63) is 29.8 Å². The quantitative estimate of drug-likeness (QED) is 0.623. The number of guanidine groups is 1. The summed E-state index contributed by atoms with van der Waals surface area (Å²) >= 11 is 0. The summed E-state index contributed by atoms with van der Waals surface area (Å²) in [5.41, 5.74) is 1.28. The van der Waals surface area contributed by atoms with Crippen molar-refractivity contribution < 1.29 is 9.53 Å². The van der Waals surface area contributed by atoms with E-state index in [1.54, 1.807) is 14.2 Å². The van der Waals surface area contributed by atoms with Crippen molar-refractivity contribution >= 4 is 11.9 Å². The van der Waals surface area contributed by atoms with Gasteiger partial charge in [-0.3, -0.25) is 9.79 Å². The number of likely N-dealkylation sites (tertiary alicyclic amines) is 1. The van der Waals surface area contributed by atoms with E-state index < -0.39 is 0 Å². The standard InChI is InChI=1S/C20H30N4O2/c1-5-18(25)24-11-10-14(13-24)22-19(21-3)23-17-12-20(17,2)15-8-6-7-9-16(15)26-4/h6-9,14,17H,5,10-13H2,1-4H3,(H2,21,22,23). The zero-order valence-electron chi connectivity index (χ0n) is 16.2. The van der Waals surface area contributed by atoms with Gasteiger partial charge in [-0.25, -0.2) is 0 Å². The molecule has 0 aromatic heterocycles. The Morgan fingerprint density at radius 3 is 2.85 bits per heavy atom. The molecule has 2 N–H and O–H groups in total. The van der Waals surface area contributed by atoms with E-state index in [0.29, 0.717) is 12.5 Å². The predicted octanol–water partition coefficient (Wildman–Crippen LogP) is 1.90. The lowest BCUT2D eigenvalue weighted by atomic mass is 9.96. The molecular weight excluding hydrogens is 328 g/mol. The maximum atomic E-state index is 11.8. The molecule has 1 aliphatic heterocycles. The van der Waals surface area contributed by atoms with Crippen LogP contribution in [0.15, 0.2) is 29.3 Å². The fourth-order valence-corrected chi connectivity index (χ4v) is 3.85. The van der Waals surface area contributed by atoms with E-state index in [0.717, 1.165) is 37.6 Å². The van der Waals surface area contributed by atoms with E-state index in [1.807, 2.05) is 24.0 Å². The van der Waals surface area contributed by atoms with E-state index in [2.05, 4.69) is 34.7 Å². The van der Waals surface area contributed by atoms with Crippen molar-refractivity contribution in [2.24, 2.45) is 4.99 Å². The Kier molecular flexibility index (Phi) is 5.39. The SMILES string of the molecule is CCC(=O)N1CCC(NC(=NC)NC2CC2(C)c2ccccc2OC)C1. The summed E-state index contributed by atoms with van der Waals surface area (Å²) in [4.78, 5) is 18.2. The van der Waals surface area contributed by atoms with Crippen LogP contribution in [0.2, 0.25) is 0 Å². The van der Waals surface area contributed by atoms with Crippen molar-refractivity contribution in [1.29, 1.82) is 0 Å². The average molecular weight is 358 g/mol. The molecule has 6 nitrogen and oxygen atoms in total. The van der Waals surface area contributed by atoms with E-state index in [4.69, 9.17) is 4.74 Å². The molecule has 26 heavy (non-hydrogen) atoms. The summed E-state index contributed by atoms with van der Waals surface area (Å²) in [6.07, 6.45) is 2.57. The molecule has 2 aliphatic rings. The molecule has 0 spiro atoms. The third kappa shape index (κ3) is 3.64. The number of nitrogens with zero attached hydrogens (tertiary/aromatic N) is 2. The second kappa shape index (κ2) is 7.56. The largest absolute Gasteiger partial charge is 0.496 e. The number of ether oxygens (including phenoxy) is 1. The van der Waals surface area contributed by atoms with Gasteiger partial charge in [0.05, 0.1) is 7.11 Å². The van der Waals surface area contributed by atoms with Gasteiger partial charge >= 0.3 is 0 Å². The molecule has 142 valence electrons. The van der Waals surface area contributed by atoms with Crippen LogP contribution in [0.4, 0.5) is 0 Å². The molecule has 1 amide bonds. The normalized spacial score (nSPS) is 28.0. The van der Waals surface area contributed by atoms with E-state index in [-0.39, 0.29) is 17.4 Å². The van der Waals surface area contributed by atoms with Crippen molar-refractivity contribution in [2.45, 2.75) is 50.6 Å². The van der Waals surface area contributed by atoms with Gasteiger partial charge in [0.25, 0.3) is 0 Å². The van der Waals surface area contributed by atoms with Crippen molar-refractivity contribution in [3.8, 4) is 5.75 Å². The molecule has 1 heterocycles. The number of rotatable bonds is 5. The van der Waals surface area contributed by atoms with Gasteiger partial charge in [0, 0.05) is 49.6 Å². The molecule has 1 aliphatic carbocycles. The van der Waals surface area contributed by atoms with Crippen LogP contribution < -0.4 is 15.4 Å². The number of carbonyl (C=O) groups excluding carboxylic acids is 1. The van der Waals surface area contributed by atoms with Crippen molar-refractivity contribution in [3.63, 3.8) is 0 Å². The number of aliphatic imine (C=N–C) groups is 1. The van der Waals surface area contributed by atoms with Crippen LogP contribution in [-0.4, -0.2) is 56.1 Å². The van der Waals surface area contributed by atoms with Crippen LogP contribution in [0.25, 0.3) is 0 Å². The Balaban J connectivity index is 1.58. The summed E-state index contributed by atoms with van der Waals surface area (Å²) in [6.45, 7) is 5.74. The molecule has 1 aromatic carbocycles. The Morgan fingerprint density at radius 1 is 1.38 bits per heavy atom. The average Bonchev–Trinajstić information content (AvgIpc) is 3.09. The minimum Gasteiger partial charge on any atom is -0.496 e. The number of benzene rings is 1. The molecular formula is C20H30N4O2. The van der Waals surface area contributed by atoms with Crippen LogP contribution >= 0.6 is 0 Å². The summed E-state index contributed by atoms with van der Waals surface area (Å²) in [5, 5.41) is 7.02. The molecule has 1 saturated carbocycles. The second-order valence-corrected chi connectivity index (χ2v) is 7.41. The predicted molar refractivity (Wildman–Crippen MR) is 104 cm³/mol. The molecule has 6 heteroatoms. The number of hydrogen-bond acceptors (Lipinski definition) is 3. The number of hydrogen-bond donors (Lipinski definition) is 2. The highest BCUT2D eigenvalue weighted by Crippen LogP contribution is 2.50. The Hall–Kier alpha value is -2.24. The van der Waals surface area contributed by atoms with E-state index in [1.165, 1.54) is 5.56 Å². The number of para-hydroxylation sites is 1. The summed E-state index contributed by atoms with van der Waals surface area (Å²) < 4.78 is 5.53. The lowest BCUT2D eigenvalue weighted by Gasteiger charge is -2.20. The fourth-order valence-electron chi connectivity index (χ4n) is 3.85. The first kappa shape index (κ1) is 18.5. The molecule has 0 radical (unpaired) electrons. The van der Waals surface area contributed by atoms with Gasteiger partial charge in [0.2, 0.25) is 5.91 Å². The van der Waals surface area contributed by atoms with Crippen LogP contribution in [0.3, 0.4) is 0 Å². The number of amides is 1. The van der Waals surface area contributed by atoms with Crippen molar-refractivity contribution in [1.82, 2.24) is 15.5 Å². The highest BCUT2D eigenvalue weighted by atomic mass is 16.5. The van der Waals surface area contributed by atoms with Gasteiger partial charge < -0.3 is 20.3 Å². The number of carbonyl (C=O) groups is 1. The molecule has 3 unspecified atom stereocenters. The first-order valence-electron chi connectivity index (χ1n) is 9.43. The maximum Gasteiger partial charge on any atom is 0.222 e.